The third kappa shape index (κ3) is 1.94. The summed E-state index contributed by atoms with van der Waals surface area (Å²) >= 11 is 0. The molecule has 3 rings (SSSR count). The molecule has 2 heterocycles. The molecule has 100 valence electrons. The monoisotopic (exact) mass is 272 g/mol. The molecule has 7 nitrogen and oxygen atoms in total. The zero-order valence-corrected chi connectivity index (χ0v) is 10.7. The average molecular weight is 272 g/mol. The van der Waals surface area contributed by atoms with Gasteiger partial charge >= 0.3 is 0 Å². The van der Waals surface area contributed by atoms with E-state index < -0.39 is 15.6 Å². The molecule has 2 aliphatic rings. The fourth-order valence-corrected chi connectivity index (χ4v) is 4.36. The maximum atomic E-state index is 12.2. The molecule has 1 saturated carbocycles. The molecule has 0 radical (unpaired) electrons. The smallest absolute Gasteiger partial charge is 0.217 e. The molecular formula is C10H16N4O3S. The van der Waals surface area contributed by atoms with E-state index in [2.05, 4.69) is 15.4 Å². The first-order valence-corrected chi connectivity index (χ1v) is 7.60. The van der Waals surface area contributed by atoms with Crippen LogP contribution in [-0.2, 0) is 15.6 Å². The van der Waals surface area contributed by atoms with Gasteiger partial charge < -0.3 is 5.11 Å². The summed E-state index contributed by atoms with van der Waals surface area (Å²) in [5.41, 5.74) is -0.800. The van der Waals surface area contributed by atoms with Crippen molar-refractivity contribution in [3.8, 4) is 0 Å². The Hall–Kier alpha value is -0.990. The van der Waals surface area contributed by atoms with Crippen LogP contribution in [0, 0.1) is 0 Å². The number of hydrogen-bond donors (Lipinski definition) is 2. The molecule has 0 bridgehead atoms. The van der Waals surface area contributed by atoms with E-state index in [1.807, 2.05) is 0 Å². The largest absolute Gasteiger partial charge is 0.382 e. The first kappa shape index (κ1) is 12.1. The van der Waals surface area contributed by atoms with Crippen molar-refractivity contribution in [2.24, 2.45) is 0 Å². The lowest BCUT2D eigenvalue weighted by Crippen LogP contribution is -2.49. The van der Waals surface area contributed by atoms with Crippen LogP contribution in [0.5, 0.6) is 0 Å². The Kier molecular flexibility index (Phi) is 2.68. The maximum absolute atomic E-state index is 12.2. The third-order valence-electron chi connectivity index (χ3n) is 3.63. The number of aromatic nitrogens is 3. The summed E-state index contributed by atoms with van der Waals surface area (Å²) in [7, 11) is -3.24. The second-order valence-corrected chi connectivity index (χ2v) is 7.28. The minimum absolute atomic E-state index is 0.0817. The lowest BCUT2D eigenvalue weighted by molar-refractivity contribution is -0.0161. The number of rotatable bonds is 3. The number of H-pyrrole nitrogens is 1. The fourth-order valence-electron chi connectivity index (χ4n) is 2.43. The molecule has 2 fully saturated rings. The van der Waals surface area contributed by atoms with E-state index in [1.54, 1.807) is 0 Å². The van der Waals surface area contributed by atoms with Crippen LogP contribution in [0.4, 0.5) is 0 Å². The first-order valence-electron chi connectivity index (χ1n) is 6.10. The van der Waals surface area contributed by atoms with Crippen LogP contribution in [0.1, 0.15) is 31.4 Å². The van der Waals surface area contributed by atoms with Gasteiger partial charge in [-0.25, -0.2) is 8.42 Å². The molecule has 1 aliphatic heterocycles. The molecule has 1 aromatic rings. The summed E-state index contributed by atoms with van der Waals surface area (Å²) in [5.74, 6) is 0. The number of nitrogens with one attached hydrogen (secondary N) is 1. The summed E-state index contributed by atoms with van der Waals surface area (Å²) < 4.78 is 25.8. The van der Waals surface area contributed by atoms with Crippen molar-refractivity contribution in [3.63, 3.8) is 0 Å². The van der Waals surface area contributed by atoms with Gasteiger partial charge in [0.2, 0.25) is 10.0 Å². The highest BCUT2D eigenvalue weighted by atomic mass is 32.2. The van der Waals surface area contributed by atoms with Gasteiger partial charge in [0.15, 0.2) is 0 Å². The van der Waals surface area contributed by atoms with Gasteiger partial charge in [0.05, 0.1) is 11.4 Å². The van der Waals surface area contributed by atoms with Crippen LogP contribution in [0.15, 0.2) is 6.20 Å². The second-order valence-electron chi connectivity index (χ2n) is 5.07. The van der Waals surface area contributed by atoms with Crippen LogP contribution in [0.25, 0.3) is 0 Å². The molecule has 18 heavy (non-hydrogen) atoms. The van der Waals surface area contributed by atoms with Gasteiger partial charge in [-0.1, -0.05) is 0 Å². The summed E-state index contributed by atoms with van der Waals surface area (Å²) in [5, 5.41) is 20.3. The lowest BCUT2D eigenvalue weighted by atomic mass is 9.91. The molecule has 1 saturated heterocycles. The Morgan fingerprint density at radius 1 is 1.50 bits per heavy atom. The molecule has 0 spiro atoms. The Bertz CT molecular complexity index is 525. The van der Waals surface area contributed by atoms with Gasteiger partial charge in [-0.3, -0.25) is 0 Å². The number of nitrogens with zero attached hydrogens (tertiary/aromatic N) is 3. The van der Waals surface area contributed by atoms with Crippen molar-refractivity contribution in [2.75, 3.05) is 13.1 Å². The van der Waals surface area contributed by atoms with E-state index in [9.17, 15) is 13.5 Å². The van der Waals surface area contributed by atoms with Crippen molar-refractivity contribution in [1.29, 1.82) is 0 Å². The number of sulfonamides is 1. The van der Waals surface area contributed by atoms with Crippen molar-refractivity contribution >= 4 is 10.0 Å². The molecule has 8 heteroatoms. The Morgan fingerprint density at radius 3 is 2.89 bits per heavy atom. The maximum Gasteiger partial charge on any atom is 0.217 e. The summed E-state index contributed by atoms with van der Waals surface area (Å²) in [6, 6.07) is 0. The van der Waals surface area contributed by atoms with Crippen LogP contribution in [0.2, 0.25) is 0 Å². The van der Waals surface area contributed by atoms with E-state index in [1.165, 1.54) is 10.5 Å². The standard InChI is InChI=1S/C10H16N4O3S/c15-10(9-6-11-13-12-9)4-1-5-14(7-10)18(16,17)8-2-3-8/h6,8,15H,1-5,7H2,(H,11,12,13)/t10-/m1/s1. The molecule has 1 atom stereocenters. The van der Waals surface area contributed by atoms with Crippen LogP contribution >= 0.6 is 0 Å². The van der Waals surface area contributed by atoms with Gasteiger partial charge in [0, 0.05) is 13.1 Å². The molecule has 0 aromatic carbocycles. The van der Waals surface area contributed by atoms with Gasteiger partial charge in [0.1, 0.15) is 11.3 Å². The predicted molar refractivity (Wildman–Crippen MR) is 63.0 cm³/mol. The average Bonchev–Trinajstić information content (AvgIpc) is 3.05. The van der Waals surface area contributed by atoms with Crippen molar-refractivity contribution < 1.29 is 13.5 Å². The SMILES string of the molecule is O=S(=O)(C1CC1)N1CCC[C@](O)(c2cn[nH]n2)C1. The topological polar surface area (TPSA) is 99.2 Å². The minimum Gasteiger partial charge on any atom is -0.382 e. The van der Waals surface area contributed by atoms with Gasteiger partial charge in [-0.2, -0.15) is 19.7 Å². The molecule has 0 amide bonds. The van der Waals surface area contributed by atoms with Gasteiger partial charge in [-0.15, -0.1) is 0 Å². The number of aromatic amines is 1. The summed E-state index contributed by atoms with van der Waals surface area (Å²) in [4.78, 5) is 0. The number of hydrogen-bond acceptors (Lipinski definition) is 5. The Balaban J connectivity index is 1.84. The van der Waals surface area contributed by atoms with Crippen molar-refractivity contribution in [1.82, 2.24) is 19.7 Å². The van der Waals surface area contributed by atoms with Crippen molar-refractivity contribution in [2.45, 2.75) is 36.5 Å². The van der Waals surface area contributed by atoms with Gasteiger partial charge in [0.25, 0.3) is 0 Å². The summed E-state index contributed by atoms with van der Waals surface area (Å²) in [6.07, 6.45) is 4.07. The Morgan fingerprint density at radius 2 is 2.28 bits per heavy atom. The second kappa shape index (κ2) is 4.01. The van der Waals surface area contributed by atoms with Crippen LogP contribution < -0.4 is 0 Å². The lowest BCUT2D eigenvalue weighted by Gasteiger charge is -2.37. The number of β-amino-alcohol motifs (C(OH)–C–C–N with tert-alkyl or cyclic N) is 1. The third-order valence-corrected chi connectivity index (χ3v) is 5.98. The zero-order valence-electron chi connectivity index (χ0n) is 9.91. The first-order chi connectivity index (χ1) is 8.52. The normalized spacial score (nSPS) is 30.5. The van der Waals surface area contributed by atoms with E-state index in [-0.39, 0.29) is 11.8 Å². The van der Waals surface area contributed by atoms with E-state index in [4.69, 9.17) is 0 Å². The van der Waals surface area contributed by atoms with E-state index in [0.29, 0.717) is 25.1 Å². The quantitative estimate of drug-likeness (QED) is 0.778. The number of piperidine rings is 1. The highest BCUT2D eigenvalue weighted by Gasteiger charge is 2.46. The van der Waals surface area contributed by atoms with E-state index >= 15 is 0 Å². The molecule has 1 aromatic heterocycles. The Labute approximate surface area is 105 Å². The van der Waals surface area contributed by atoms with Gasteiger partial charge in [-0.05, 0) is 25.7 Å². The highest BCUT2D eigenvalue weighted by Crippen LogP contribution is 2.36. The fraction of sp³-hybridized carbons (Fsp3) is 0.800. The van der Waals surface area contributed by atoms with Crippen LogP contribution in [0.3, 0.4) is 0 Å². The molecular weight excluding hydrogens is 256 g/mol. The highest BCUT2D eigenvalue weighted by molar-refractivity contribution is 7.90. The summed E-state index contributed by atoms with van der Waals surface area (Å²) in [6.45, 7) is 0.567. The minimum atomic E-state index is -3.24. The van der Waals surface area contributed by atoms with Crippen LogP contribution in [-0.4, -0.2) is 51.6 Å². The molecule has 0 unspecified atom stereocenters. The molecule has 2 N–H and O–H groups in total. The zero-order chi connectivity index (χ0) is 12.8. The molecule has 1 aliphatic carbocycles. The van der Waals surface area contributed by atoms with Crippen molar-refractivity contribution in [3.05, 3.63) is 11.9 Å². The predicted octanol–water partition coefficient (Wildman–Crippen LogP) is -0.420. The van der Waals surface area contributed by atoms with E-state index in [0.717, 1.165) is 12.8 Å². The number of aliphatic hydroxyl groups is 1.